The maximum atomic E-state index is 9.49. The maximum Gasteiger partial charge on any atom is 0.197 e. The van der Waals surface area contributed by atoms with Crippen molar-refractivity contribution in [3.8, 4) is 0 Å². The van der Waals surface area contributed by atoms with Crippen LogP contribution < -0.4 is 0 Å². The molecule has 4 heteroatoms. The second-order valence-electron chi connectivity index (χ2n) is 4.20. The molecular weight excluding hydrogens is 172 g/mol. The molecule has 2 heterocycles. The van der Waals surface area contributed by atoms with Crippen LogP contribution in [0.2, 0.25) is 0 Å². The fourth-order valence-electron chi connectivity index (χ4n) is 1.86. The normalized spacial score (nSPS) is 44.1. The Balaban J connectivity index is 2.05. The zero-order chi connectivity index (χ0) is 9.53. The van der Waals surface area contributed by atoms with Gasteiger partial charge in [0, 0.05) is 6.42 Å². The van der Waals surface area contributed by atoms with Crippen LogP contribution in [0.4, 0.5) is 0 Å². The zero-order valence-electron chi connectivity index (χ0n) is 8.08. The van der Waals surface area contributed by atoms with Gasteiger partial charge >= 0.3 is 0 Å². The summed E-state index contributed by atoms with van der Waals surface area (Å²) in [6, 6.07) is 0. The Morgan fingerprint density at radius 1 is 1.31 bits per heavy atom. The minimum absolute atomic E-state index is 0.328. The Labute approximate surface area is 77.8 Å². The van der Waals surface area contributed by atoms with E-state index in [-0.39, 0.29) is 6.10 Å². The molecule has 4 nitrogen and oxygen atoms in total. The van der Waals surface area contributed by atoms with Crippen LogP contribution >= 0.6 is 0 Å². The van der Waals surface area contributed by atoms with E-state index in [4.69, 9.17) is 14.2 Å². The van der Waals surface area contributed by atoms with Crippen LogP contribution in [0, 0.1) is 0 Å². The summed E-state index contributed by atoms with van der Waals surface area (Å²) in [5, 5.41) is 9.49. The number of aliphatic hydroxyl groups is 1. The third-order valence-electron chi connectivity index (χ3n) is 2.43. The Bertz CT molecular complexity index is 204. The lowest BCUT2D eigenvalue weighted by atomic mass is 10.0. The molecule has 0 aromatic heterocycles. The molecule has 1 spiro atoms. The molecule has 76 valence electrons. The molecule has 1 N–H and O–H groups in total. The third kappa shape index (κ3) is 1.86. The highest BCUT2D eigenvalue weighted by molar-refractivity contribution is 4.85. The van der Waals surface area contributed by atoms with Crippen LogP contribution in [-0.4, -0.2) is 36.0 Å². The molecular formula is C9H16O4. The van der Waals surface area contributed by atoms with Crippen molar-refractivity contribution in [2.24, 2.45) is 0 Å². The van der Waals surface area contributed by atoms with Crippen molar-refractivity contribution in [1.29, 1.82) is 0 Å². The van der Waals surface area contributed by atoms with Gasteiger partial charge in [-0.2, -0.15) is 0 Å². The topological polar surface area (TPSA) is 47.9 Å². The number of hydrogen-bond donors (Lipinski definition) is 1. The van der Waals surface area contributed by atoms with E-state index < -0.39 is 11.6 Å². The molecule has 0 amide bonds. The van der Waals surface area contributed by atoms with Crippen molar-refractivity contribution >= 4 is 0 Å². The van der Waals surface area contributed by atoms with Crippen LogP contribution in [0.1, 0.15) is 26.7 Å². The summed E-state index contributed by atoms with van der Waals surface area (Å²) in [5.41, 5.74) is 0. The predicted molar refractivity (Wildman–Crippen MR) is 45.0 cm³/mol. The first kappa shape index (κ1) is 9.40. The lowest BCUT2D eigenvalue weighted by molar-refractivity contribution is -0.278. The molecule has 0 bridgehead atoms. The van der Waals surface area contributed by atoms with Crippen molar-refractivity contribution in [2.75, 3.05) is 13.2 Å². The quantitative estimate of drug-likeness (QED) is 0.606. The van der Waals surface area contributed by atoms with Crippen LogP contribution in [0.3, 0.4) is 0 Å². The van der Waals surface area contributed by atoms with Gasteiger partial charge in [0.15, 0.2) is 11.6 Å². The predicted octanol–water partition coefficient (Wildman–Crippen LogP) is 0.637. The second kappa shape index (κ2) is 2.92. The van der Waals surface area contributed by atoms with Crippen molar-refractivity contribution in [1.82, 2.24) is 0 Å². The van der Waals surface area contributed by atoms with E-state index in [1.54, 1.807) is 0 Å². The second-order valence-corrected chi connectivity index (χ2v) is 4.20. The van der Waals surface area contributed by atoms with Crippen molar-refractivity contribution in [2.45, 2.75) is 44.4 Å². The molecule has 2 rings (SSSR count). The lowest BCUT2D eigenvalue weighted by Crippen LogP contribution is -2.45. The Morgan fingerprint density at radius 2 is 2.08 bits per heavy atom. The molecule has 0 aliphatic carbocycles. The lowest BCUT2D eigenvalue weighted by Gasteiger charge is -2.35. The summed E-state index contributed by atoms with van der Waals surface area (Å²) in [6.45, 7) is 4.66. The third-order valence-corrected chi connectivity index (χ3v) is 2.43. The van der Waals surface area contributed by atoms with Gasteiger partial charge in [0.2, 0.25) is 0 Å². The summed E-state index contributed by atoms with van der Waals surface area (Å²) in [4.78, 5) is 0. The van der Waals surface area contributed by atoms with Gasteiger partial charge in [-0.05, 0) is 20.3 Å². The molecule has 2 saturated heterocycles. The Hall–Kier alpha value is -0.160. The van der Waals surface area contributed by atoms with Crippen molar-refractivity contribution < 1.29 is 19.3 Å². The van der Waals surface area contributed by atoms with Gasteiger partial charge in [0.25, 0.3) is 0 Å². The van der Waals surface area contributed by atoms with E-state index in [0.29, 0.717) is 26.1 Å². The summed E-state index contributed by atoms with van der Waals surface area (Å²) in [6.07, 6.45) is 0.869. The molecule has 13 heavy (non-hydrogen) atoms. The first-order chi connectivity index (χ1) is 6.02. The molecule has 2 aliphatic heterocycles. The van der Waals surface area contributed by atoms with Crippen LogP contribution in [0.5, 0.6) is 0 Å². The standard InChI is InChI=1S/C9H16O4/c1-8(2)12-6-9(13-8)5-7(10)3-4-11-9/h7,10H,3-6H2,1-2H3/t7-,9-/m1/s1. The fourth-order valence-corrected chi connectivity index (χ4v) is 1.86. The van der Waals surface area contributed by atoms with Gasteiger partial charge in [0.05, 0.1) is 12.7 Å². The molecule has 2 fully saturated rings. The van der Waals surface area contributed by atoms with Gasteiger partial charge in [-0.15, -0.1) is 0 Å². The minimum atomic E-state index is -0.693. The Morgan fingerprint density at radius 3 is 2.62 bits per heavy atom. The molecule has 0 aromatic rings. The van der Waals surface area contributed by atoms with Gasteiger partial charge < -0.3 is 19.3 Å². The largest absolute Gasteiger partial charge is 0.393 e. The maximum absolute atomic E-state index is 9.49. The highest BCUT2D eigenvalue weighted by Crippen LogP contribution is 2.37. The van der Waals surface area contributed by atoms with Crippen molar-refractivity contribution in [3.63, 3.8) is 0 Å². The summed E-state index contributed by atoms with van der Waals surface area (Å²) in [5.74, 6) is -1.28. The van der Waals surface area contributed by atoms with Crippen LogP contribution in [-0.2, 0) is 14.2 Å². The highest BCUT2D eigenvalue weighted by Gasteiger charge is 2.49. The molecule has 0 unspecified atom stereocenters. The minimum Gasteiger partial charge on any atom is -0.393 e. The van der Waals surface area contributed by atoms with Crippen molar-refractivity contribution in [3.05, 3.63) is 0 Å². The molecule has 0 saturated carbocycles. The van der Waals surface area contributed by atoms with E-state index in [2.05, 4.69) is 0 Å². The van der Waals surface area contributed by atoms with Gasteiger partial charge in [0.1, 0.15) is 6.61 Å². The van der Waals surface area contributed by atoms with E-state index >= 15 is 0 Å². The van der Waals surface area contributed by atoms with Gasteiger partial charge in [-0.3, -0.25) is 0 Å². The van der Waals surface area contributed by atoms with E-state index in [1.165, 1.54) is 0 Å². The molecule has 2 aliphatic rings. The Kier molecular flexibility index (Phi) is 2.11. The van der Waals surface area contributed by atoms with Crippen LogP contribution in [0.15, 0.2) is 0 Å². The molecule has 0 aromatic carbocycles. The number of ether oxygens (including phenoxy) is 3. The molecule has 2 atom stereocenters. The van der Waals surface area contributed by atoms with E-state index in [0.717, 1.165) is 0 Å². The SMILES string of the molecule is CC1(C)OC[C@@]2(C[C@H](O)CCO2)O1. The zero-order valence-corrected chi connectivity index (χ0v) is 8.08. The van der Waals surface area contributed by atoms with Gasteiger partial charge in [-0.1, -0.05) is 0 Å². The molecule has 0 radical (unpaired) electrons. The number of rotatable bonds is 0. The average Bonchev–Trinajstić information content (AvgIpc) is 2.26. The first-order valence-electron chi connectivity index (χ1n) is 4.68. The number of hydrogen-bond acceptors (Lipinski definition) is 4. The number of aliphatic hydroxyl groups excluding tert-OH is 1. The summed E-state index contributed by atoms with van der Waals surface area (Å²) >= 11 is 0. The highest BCUT2D eigenvalue weighted by atomic mass is 16.8. The first-order valence-corrected chi connectivity index (χ1v) is 4.68. The smallest absolute Gasteiger partial charge is 0.197 e. The monoisotopic (exact) mass is 188 g/mol. The van der Waals surface area contributed by atoms with Gasteiger partial charge in [-0.25, -0.2) is 0 Å². The fraction of sp³-hybridized carbons (Fsp3) is 1.00. The van der Waals surface area contributed by atoms with Crippen LogP contribution in [0.25, 0.3) is 0 Å². The van der Waals surface area contributed by atoms with E-state index in [1.807, 2.05) is 13.8 Å². The summed E-state index contributed by atoms with van der Waals surface area (Å²) in [7, 11) is 0. The van der Waals surface area contributed by atoms with E-state index in [9.17, 15) is 5.11 Å². The summed E-state index contributed by atoms with van der Waals surface area (Å²) < 4.78 is 16.6. The average molecular weight is 188 g/mol.